The highest BCUT2D eigenvalue weighted by atomic mass is 35.5. The summed E-state index contributed by atoms with van der Waals surface area (Å²) in [5.74, 6) is 0.498. The molecule has 1 unspecified atom stereocenters. The van der Waals surface area contributed by atoms with E-state index in [1.54, 1.807) is 0 Å². The van der Waals surface area contributed by atoms with E-state index in [0.717, 1.165) is 32.4 Å². The van der Waals surface area contributed by atoms with Gasteiger partial charge in [0, 0.05) is 5.92 Å². The van der Waals surface area contributed by atoms with Crippen LogP contribution in [0.15, 0.2) is 0 Å². The Labute approximate surface area is 105 Å². The van der Waals surface area contributed by atoms with Gasteiger partial charge in [0.1, 0.15) is 0 Å². The fourth-order valence-electron chi connectivity index (χ4n) is 2.94. The Hall–Kier alpha value is -0.280. The van der Waals surface area contributed by atoms with Crippen LogP contribution in [0.25, 0.3) is 0 Å². The summed E-state index contributed by atoms with van der Waals surface area (Å²) in [6.45, 7) is 8.59. The van der Waals surface area contributed by atoms with Crippen LogP contribution in [-0.4, -0.2) is 19.0 Å². The number of carbonyl (C=O) groups is 1. The Morgan fingerprint density at radius 1 is 1.44 bits per heavy atom. The standard InChI is InChI=1S/C12H24N2O.ClH/c1-4-10(11(13)15)12(2,3)9-5-7-14-8-6-9;/h9-10,14H,4-8H2,1-3H3,(H2,13,15);1H. The molecule has 1 aliphatic heterocycles. The number of piperidine rings is 1. The van der Waals surface area contributed by atoms with Gasteiger partial charge in [-0.1, -0.05) is 20.8 Å². The maximum absolute atomic E-state index is 11.4. The van der Waals surface area contributed by atoms with E-state index in [1.807, 2.05) is 0 Å². The van der Waals surface area contributed by atoms with Gasteiger partial charge >= 0.3 is 0 Å². The summed E-state index contributed by atoms with van der Waals surface area (Å²) in [6, 6.07) is 0. The summed E-state index contributed by atoms with van der Waals surface area (Å²) in [6.07, 6.45) is 3.18. The highest BCUT2D eigenvalue weighted by Crippen LogP contribution is 2.41. The minimum Gasteiger partial charge on any atom is -0.369 e. The smallest absolute Gasteiger partial charge is 0.221 e. The number of hydrogen-bond donors (Lipinski definition) is 2. The molecule has 3 N–H and O–H groups in total. The summed E-state index contributed by atoms with van der Waals surface area (Å²) < 4.78 is 0. The first-order valence-corrected chi connectivity index (χ1v) is 6.00. The first-order valence-electron chi connectivity index (χ1n) is 6.00. The van der Waals surface area contributed by atoms with Crippen molar-refractivity contribution >= 4 is 18.3 Å². The highest BCUT2D eigenvalue weighted by molar-refractivity contribution is 5.85. The molecule has 16 heavy (non-hydrogen) atoms. The van der Waals surface area contributed by atoms with Crippen molar-refractivity contribution in [1.82, 2.24) is 5.32 Å². The van der Waals surface area contributed by atoms with E-state index in [9.17, 15) is 4.79 Å². The Bertz CT molecular complexity index is 225. The minimum absolute atomic E-state index is 0. The van der Waals surface area contributed by atoms with E-state index >= 15 is 0 Å². The molecule has 0 radical (unpaired) electrons. The lowest BCUT2D eigenvalue weighted by Gasteiger charge is -2.41. The van der Waals surface area contributed by atoms with Crippen molar-refractivity contribution in [3.05, 3.63) is 0 Å². The van der Waals surface area contributed by atoms with Crippen molar-refractivity contribution in [2.45, 2.75) is 40.0 Å². The number of nitrogens with one attached hydrogen (secondary N) is 1. The Balaban J connectivity index is 0.00000225. The lowest BCUT2D eigenvalue weighted by molar-refractivity contribution is -0.127. The lowest BCUT2D eigenvalue weighted by Crippen LogP contribution is -2.44. The van der Waals surface area contributed by atoms with Gasteiger partial charge in [-0.05, 0) is 43.7 Å². The molecule has 0 aromatic heterocycles. The third-order valence-electron chi connectivity index (χ3n) is 4.04. The topological polar surface area (TPSA) is 55.1 Å². The average Bonchev–Trinajstić information content (AvgIpc) is 2.19. The van der Waals surface area contributed by atoms with Crippen molar-refractivity contribution in [1.29, 1.82) is 0 Å². The summed E-state index contributed by atoms with van der Waals surface area (Å²) in [7, 11) is 0. The van der Waals surface area contributed by atoms with Crippen LogP contribution in [0.2, 0.25) is 0 Å². The number of primary amides is 1. The van der Waals surface area contributed by atoms with E-state index in [4.69, 9.17) is 5.73 Å². The normalized spacial score (nSPS) is 19.9. The van der Waals surface area contributed by atoms with Crippen LogP contribution >= 0.6 is 12.4 Å². The fraction of sp³-hybridized carbons (Fsp3) is 0.917. The first-order chi connectivity index (χ1) is 7.00. The van der Waals surface area contributed by atoms with Crippen molar-refractivity contribution in [3.63, 3.8) is 0 Å². The second-order valence-corrected chi connectivity index (χ2v) is 5.21. The Morgan fingerprint density at radius 2 is 1.94 bits per heavy atom. The molecule has 0 saturated carbocycles. The van der Waals surface area contributed by atoms with Gasteiger partial charge in [-0.25, -0.2) is 0 Å². The first kappa shape index (κ1) is 15.7. The highest BCUT2D eigenvalue weighted by Gasteiger charge is 2.39. The van der Waals surface area contributed by atoms with Crippen LogP contribution in [-0.2, 0) is 4.79 Å². The Kier molecular flexibility index (Phi) is 6.34. The lowest BCUT2D eigenvalue weighted by atomic mass is 9.65. The van der Waals surface area contributed by atoms with Crippen LogP contribution < -0.4 is 11.1 Å². The summed E-state index contributed by atoms with van der Waals surface area (Å²) in [5.41, 5.74) is 5.53. The molecule has 1 atom stereocenters. The van der Waals surface area contributed by atoms with Gasteiger partial charge in [-0.15, -0.1) is 12.4 Å². The van der Waals surface area contributed by atoms with Crippen LogP contribution in [0.5, 0.6) is 0 Å². The number of halogens is 1. The SMILES string of the molecule is CCC(C(N)=O)C(C)(C)C1CCNCC1.Cl. The maximum Gasteiger partial charge on any atom is 0.221 e. The molecular formula is C12H25ClN2O. The van der Waals surface area contributed by atoms with Gasteiger partial charge in [0.05, 0.1) is 0 Å². The molecule has 1 saturated heterocycles. The number of rotatable bonds is 4. The molecule has 96 valence electrons. The van der Waals surface area contributed by atoms with Gasteiger partial charge < -0.3 is 11.1 Å². The average molecular weight is 249 g/mol. The second kappa shape index (κ2) is 6.45. The molecule has 0 aromatic carbocycles. The van der Waals surface area contributed by atoms with Crippen LogP contribution in [0.4, 0.5) is 0 Å². The summed E-state index contributed by atoms with van der Waals surface area (Å²) in [5, 5.41) is 3.36. The van der Waals surface area contributed by atoms with Crippen LogP contribution in [0, 0.1) is 17.3 Å². The summed E-state index contributed by atoms with van der Waals surface area (Å²) in [4.78, 5) is 11.4. The molecule has 1 rings (SSSR count). The molecule has 0 aliphatic carbocycles. The van der Waals surface area contributed by atoms with E-state index in [0.29, 0.717) is 5.92 Å². The van der Waals surface area contributed by atoms with E-state index in [2.05, 4.69) is 26.1 Å². The third kappa shape index (κ3) is 3.36. The number of hydrogen-bond acceptors (Lipinski definition) is 2. The number of nitrogens with two attached hydrogens (primary N) is 1. The van der Waals surface area contributed by atoms with Crippen molar-refractivity contribution in [3.8, 4) is 0 Å². The molecular weight excluding hydrogens is 224 g/mol. The van der Waals surface area contributed by atoms with E-state index in [-0.39, 0.29) is 29.6 Å². The second-order valence-electron chi connectivity index (χ2n) is 5.21. The third-order valence-corrected chi connectivity index (χ3v) is 4.04. The predicted octanol–water partition coefficient (Wildman–Crippen LogP) is 1.95. The van der Waals surface area contributed by atoms with Crippen molar-refractivity contribution < 1.29 is 4.79 Å². The Morgan fingerprint density at radius 3 is 2.31 bits per heavy atom. The fourth-order valence-corrected chi connectivity index (χ4v) is 2.94. The van der Waals surface area contributed by atoms with Crippen LogP contribution in [0.1, 0.15) is 40.0 Å². The van der Waals surface area contributed by atoms with Gasteiger partial charge in [0.15, 0.2) is 0 Å². The van der Waals surface area contributed by atoms with Gasteiger partial charge in [-0.3, -0.25) is 4.79 Å². The molecule has 3 nitrogen and oxygen atoms in total. The molecule has 0 spiro atoms. The molecule has 0 bridgehead atoms. The van der Waals surface area contributed by atoms with Crippen LogP contribution in [0.3, 0.4) is 0 Å². The van der Waals surface area contributed by atoms with E-state index in [1.165, 1.54) is 0 Å². The zero-order chi connectivity index (χ0) is 11.5. The molecule has 0 aromatic rings. The van der Waals surface area contributed by atoms with Gasteiger partial charge in [0.25, 0.3) is 0 Å². The van der Waals surface area contributed by atoms with Gasteiger partial charge in [0.2, 0.25) is 5.91 Å². The molecule has 1 aliphatic rings. The summed E-state index contributed by atoms with van der Waals surface area (Å²) >= 11 is 0. The zero-order valence-electron chi connectivity index (χ0n) is 10.6. The monoisotopic (exact) mass is 248 g/mol. The van der Waals surface area contributed by atoms with Gasteiger partial charge in [-0.2, -0.15) is 0 Å². The number of carbonyl (C=O) groups excluding carboxylic acids is 1. The molecule has 1 fully saturated rings. The molecule has 4 heteroatoms. The quantitative estimate of drug-likeness (QED) is 0.799. The largest absolute Gasteiger partial charge is 0.369 e. The zero-order valence-corrected chi connectivity index (χ0v) is 11.4. The number of amides is 1. The van der Waals surface area contributed by atoms with Crippen molar-refractivity contribution in [2.24, 2.45) is 23.0 Å². The molecule has 1 heterocycles. The minimum atomic E-state index is -0.138. The van der Waals surface area contributed by atoms with Crippen molar-refractivity contribution in [2.75, 3.05) is 13.1 Å². The molecule has 1 amide bonds. The maximum atomic E-state index is 11.4. The van der Waals surface area contributed by atoms with E-state index < -0.39 is 0 Å². The predicted molar refractivity (Wildman–Crippen MR) is 69.6 cm³/mol.